The summed E-state index contributed by atoms with van der Waals surface area (Å²) in [4.78, 5) is 25.6. The number of fused-ring (bicyclic) bond motifs is 1. The van der Waals surface area contributed by atoms with Crippen molar-refractivity contribution in [3.63, 3.8) is 0 Å². The summed E-state index contributed by atoms with van der Waals surface area (Å²) in [6.45, 7) is 17.8. The van der Waals surface area contributed by atoms with Crippen LogP contribution >= 0.6 is 0 Å². The molecule has 218 valence electrons. The molecule has 1 heterocycles. The maximum Gasteiger partial charge on any atom is 0.341 e. The number of ether oxygens (including phenoxy) is 3. The van der Waals surface area contributed by atoms with Crippen molar-refractivity contribution in [3.05, 3.63) is 63.9 Å². The molecule has 0 bridgehead atoms. The van der Waals surface area contributed by atoms with Gasteiger partial charge in [-0.15, -0.1) is 0 Å². The van der Waals surface area contributed by atoms with Gasteiger partial charge in [0.05, 0.1) is 37.8 Å². The standard InChI is InChI=1S/C31H43NO7Si/c1-30(2,3)27(19-39-40(9,10)31(4,5)6)32-17-23(29(34)35)28(33)22-15-26(25(37-8)16-24(22)32)38-18-20-11-13-21(36-7)14-12-20/h11-17,27H,18-19H2,1-10H3,(H,34,35). The van der Waals surface area contributed by atoms with Crippen LogP contribution in [0.4, 0.5) is 0 Å². The summed E-state index contributed by atoms with van der Waals surface area (Å²) in [6, 6.07) is 10.5. The summed E-state index contributed by atoms with van der Waals surface area (Å²) in [5, 5.41) is 10.2. The number of hydrogen-bond donors (Lipinski definition) is 1. The molecule has 1 aromatic heterocycles. The van der Waals surface area contributed by atoms with Crippen LogP contribution in [0.3, 0.4) is 0 Å². The minimum absolute atomic E-state index is 0.00656. The topological polar surface area (TPSA) is 96.2 Å². The second-order valence-corrected chi connectivity index (χ2v) is 17.5. The van der Waals surface area contributed by atoms with Gasteiger partial charge < -0.3 is 28.3 Å². The third-order valence-corrected chi connectivity index (χ3v) is 12.3. The molecule has 40 heavy (non-hydrogen) atoms. The Morgan fingerprint density at radius 1 is 0.975 bits per heavy atom. The van der Waals surface area contributed by atoms with Crippen LogP contribution in [0.1, 0.15) is 63.5 Å². The Morgan fingerprint density at radius 3 is 2.10 bits per heavy atom. The summed E-state index contributed by atoms with van der Waals surface area (Å²) in [6.07, 6.45) is 1.44. The summed E-state index contributed by atoms with van der Waals surface area (Å²) >= 11 is 0. The fourth-order valence-corrected chi connectivity index (χ4v) is 5.18. The van der Waals surface area contributed by atoms with Crippen molar-refractivity contribution in [2.45, 2.75) is 72.3 Å². The number of pyridine rings is 1. The number of hydrogen-bond acceptors (Lipinski definition) is 6. The molecule has 2 aromatic carbocycles. The monoisotopic (exact) mass is 569 g/mol. The van der Waals surface area contributed by atoms with Crippen molar-refractivity contribution < 1.29 is 28.5 Å². The highest BCUT2D eigenvalue weighted by atomic mass is 28.4. The number of carboxylic acids is 1. The Labute approximate surface area is 238 Å². The number of carboxylic acid groups (broad SMARTS) is 1. The van der Waals surface area contributed by atoms with Crippen LogP contribution in [-0.4, -0.2) is 44.8 Å². The summed E-state index contributed by atoms with van der Waals surface area (Å²) in [5.41, 5.74) is 0.253. The highest BCUT2D eigenvalue weighted by molar-refractivity contribution is 6.74. The summed E-state index contributed by atoms with van der Waals surface area (Å²) in [5.74, 6) is 0.243. The molecule has 1 atom stereocenters. The number of nitrogens with zero attached hydrogens (tertiary/aromatic N) is 1. The molecular formula is C31H43NO7Si. The first kappa shape index (κ1) is 31.2. The maximum atomic E-state index is 13.4. The van der Waals surface area contributed by atoms with Crippen molar-refractivity contribution in [2.75, 3.05) is 20.8 Å². The second-order valence-electron chi connectivity index (χ2n) is 12.7. The van der Waals surface area contributed by atoms with Crippen molar-refractivity contribution in [3.8, 4) is 17.2 Å². The molecule has 0 aliphatic rings. The number of carbonyl (C=O) groups is 1. The van der Waals surface area contributed by atoms with Gasteiger partial charge in [0, 0.05) is 12.3 Å². The quantitative estimate of drug-likeness (QED) is 0.265. The van der Waals surface area contributed by atoms with Gasteiger partial charge >= 0.3 is 5.97 Å². The average Bonchev–Trinajstić information content (AvgIpc) is 2.86. The maximum absolute atomic E-state index is 13.4. The molecule has 9 heteroatoms. The normalized spacial score (nSPS) is 13.2. The van der Waals surface area contributed by atoms with E-state index in [4.69, 9.17) is 18.6 Å². The van der Waals surface area contributed by atoms with Crippen LogP contribution in [0, 0.1) is 5.41 Å². The van der Waals surface area contributed by atoms with E-state index in [1.165, 1.54) is 13.3 Å². The highest BCUT2D eigenvalue weighted by Crippen LogP contribution is 2.41. The largest absolute Gasteiger partial charge is 0.497 e. The van der Waals surface area contributed by atoms with Gasteiger partial charge in [-0.05, 0) is 47.3 Å². The van der Waals surface area contributed by atoms with Crippen LogP contribution in [0.25, 0.3) is 10.9 Å². The Bertz CT molecular complexity index is 1410. The molecule has 0 radical (unpaired) electrons. The molecule has 0 amide bonds. The van der Waals surface area contributed by atoms with Gasteiger partial charge in [0.1, 0.15) is 17.9 Å². The van der Waals surface area contributed by atoms with Crippen LogP contribution in [0.2, 0.25) is 18.1 Å². The van der Waals surface area contributed by atoms with E-state index in [1.807, 2.05) is 28.8 Å². The number of aromatic carboxylic acids is 1. The number of aromatic nitrogens is 1. The molecule has 1 unspecified atom stereocenters. The van der Waals surface area contributed by atoms with Crippen LogP contribution in [0.5, 0.6) is 17.2 Å². The van der Waals surface area contributed by atoms with E-state index in [-0.39, 0.29) is 34.1 Å². The number of benzene rings is 2. The SMILES string of the molecule is COc1ccc(COc2cc3c(=O)c(C(=O)O)cn(C(CO[Si](C)(C)C(C)(C)C)C(C)(C)C)c3cc2OC)cc1. The predicted octanol–water partition coefficient (Wildman–Crippen LogP) is 6.90. The lowest BCUT2D eigenvalue weighted by Gasteiger charge is -2.40. The van der Waals surface area contributed by atoms with Gasteiger partial charge in [-0.25, -0.2) is 4.79 Å². The van der Waals surface area contributed by atoms with Gasteiger partial charge in [-0.3, -0.25) is 4.79 Å². The van der Waals surface area contributed by atoms with Crippen molar-refractivity contribution in [2.24, 2.45) is 5.41 Å². The third-order valence-electron chi connectivity index (χ3n) is 7.85. The minimum Gasteiger partial charge on any atom is -0.497 e. The molecule has 0 aliphatic heterocycles. The van der Waals surface area contributed by atoms with Crippen LogP contribution < -0.4 is 19.6 Å². The molecule has 1 N–H and O–H groups in total. The van der Waals surface area contributed by atoms with Crippen LogP contribution in [0.15, 0.2) is 47.4 Å². The minimum atomic E-state index is -2.11. The van der Waals surface area contributed by atoms with Gasteiger partial charge in [-0.2, -0.15) is 0 Å². The molecule has 0 fully saturated rings. The zero-order chi connectivity index (χ0) is 30.0. The van der Waals surface area contributed by atoms with E-state index in [2.05, 4.69) is 54.6 Å². The average molecular weight is 570 g/mol. The first-order valence-corrected chi connectivity index (χ1v) is 16.3. The predicted molar refractivity (Wildman–Crippen MR) is 161 cm³/mol. The van der Waals surface area contributed by atoms with E-state index in [0.717, 1.165) is 11.3 Å². The highest BCUT2D eigenvalue weighted by Gasteiger charge is 2.39. The van der Waals surface area contributed by atoms with E-state index in [9.17, 15) is 14.7 Å². The zero-order valence-corrected chi connectivity index (χ0v) is 26.4. The fraction of sp³-hybridized carbons (Fsp3) is 0.484. The molecule has 0 aliphatic carbocycles. The van der Waals surface area contributed by atoms with Crippen molar-refractivity contribution in [1.29, 1.82) is 0 Å². The van der Waals surface area contributed by atoms with Crippen LogP contribution in [-0.2, 0) is 11.0 Å². The molecule has 3 aromatic rings. The first-order valence-electron chi connectivity index (χ1n) is 13.4. The molecule has 0 saturated carbocycles. The van der Waals surface area contributed by atoms with Gasteiger partial charge in [-0.1, -0.05) is 53.7 Å². The Hall–Kier alpha value is -3.30. The second kappa shape index (κ2) is 11.7. The molecule has 0 saturated heterocycles. The Balaban J connectivity index is 2.16. The lowest BCUT2D eigenvalue weighted by atomic mass is 9.86. The third kappa shape index (κ3) is 6.70. The zero-order valence-electron chi connectivity index (χ0n) is 25.4. The molecule has 8 nitrogen and oxygen atoms in total. The first-order chi connectivity index (χ1) is 18.5. The van der Waals surface area contributed by atoms with Gasteiger partial charge in [0.25, 0.3) is 0 Å². The fourth-order valence-electron chi connectivity index (χ4n) is 4.17. The molecule has 0 spiro atoms. The lowest BCUT2D eigenvalue weighted by molar-refractivity contribution is 0.0693. The van der Waals surface area contributed by atoms with Gasteiger partial charge in [0.15, 0.2) is 19.8 Å². The van der Waals surface area contributed by atoms with E-state index >= 15 is 0 Å². The van der Waals surface area contributed by atoms with Gasteiger partial charge in [0.2, 0.25) is 5.43 Å². The number of rotatable bonds is 10. The molecular weight excluding hydrogens is 526 g/mol. The lowest BCUT2D eigenvalue weighted by Crippen LogP contribution is -2.43. The Kier molecular flexibility index (Phi) is 9.11. The van der Waals surface area contributed by atoms with E-state index < -0.39 is 19.7 Å². The van der Waals surface area contributed by atoms with E-state index in [1.54, 1.807) is 19.2 Å². The van der Waals surface area contributed by atoms with E-state index in [0.29, 0.717) is 23.6 Å². The Morgan fingerprint density at radius 2 is 1.60 bits per heavy atom. The van der Waals surface area contributed by atoms with Crippen molar-refractivity contribution >= 4 is 25.2 Å². The smallest absolute Gasteiger partial charge is 0.341 e. The summed E-state index contributed by atoms with van der Waals surface area (Å²) in [7, 11) is 1.03. The van der Waals surface area contributed by atoms with Crippen molar-refractivity contribution in [1.82, 2.24) is 4.57 Å². The molecule has 3 rings (SSSR count). The number of methoxy groups -OCH3 is 2. The summed E-state index contributed by atoms with van der Waals surface area (Å²) < 4.78 is 25.4.